The van der Waals surface area contributed by atoms with Crippen molar-refractivity contribution in [1.82, 2.24) is 0 Å². The fraction of sp³-hybridized carbons (Fsp3) is 0.647. The lowest BCUT2D eigenvalue weighted by molar-refractivity contribution is 0.313. The maximum atomic E-state index is 6.23. The Hall–Kier alpha value is -1.09. The topological polar surface area (TPSA) is 30.5 Å². The van der Waals surface area contributed by atoms with Crippen LogP contribution in [0.1, 0.15) is 46.0 Å². The van der Waals surface area contributed by atoms with Crippen molar-refractivity contribution in [1.29, 1.82) is 0 Å². The van der Waals surface area contributed by atoms with Crippen molar-refractivity contribution in [3.63, 3.8) is 0 Å². The number of hydrogen-bond donors (Lipinski definition) is 1. The quantitative estimate of drug-likeness (QED) is 0.782. The fourth-order valence-corrected chi connectivity index (χ4v) is 3.24. The molecule has 1 aliphatic rings. The molecule has 1 aromatic rings. The first kappa shape index (κ1) is 16.3. The SMILES string of the molecule is COc1cc(OC)c(NC2CCCC(C)(C)CC2)cc1Cl. The highest BCUT2D eigenvalue weighted by molar-refractivity contribution is 6.32. The summed E-state index contributed by atoms with van der Waals surface area (Å²) in [7, 11) is 3.28. The molecular formula is C17H26ClNO2. The van der Waals surface area contributed by atoms with Crippen LogP contribution in [0.5, 0.6) is 11.5 Å². The average molecular weight is 312 g/mol. The van der Waals surface area contributed by atoms with Gasteiger partial charge in [-0.15, -0.1) is 0 Å². The van der Waals surface area contributed by atoms with Crippen LogP contribution in [0.3, 0.4) is 0 Å². The summed E-state index contributed by atoms with van der Waals surface area (Å²) < 4.78 is 10.7. The molecule has 1 aliphatic carbocycles. The highest BCUT2D eigenvalue weighted by atomic mass is 35.5. The minimum Gasteiger partial charge on any atom is -0.495 e. The molecular weight excluding hydrogens is 286 g/mol. The van der Waals surface area contributed by atoms with Gasteiger partial charge in [-0.1, -0.05) is 31.9 Å². The number of nitrogens with one attached hydrogen (secondary N) is 1. The standard InChI is InChI=1S/C17H26ClNO2/c1-17(2)8-5-6-12(7-9-17)19-14-10-13(18)15(20-3)11-16(14)21-4/h10-12,19H,5-9H2,1-4H3. The van der Waals surface area contributed by atoms with E-state index in [0.717, 1.165) is 11.4 Å². The highest BCUT2D eigenvalue weighted by Crippen LogP contribution is 2.39. The third-order valence-corrected chi connectivity index (χ3v) is 4.70. The van der Waals surface area contributed by atoms with E-state index < -0.39 is 0 Å². The van der Waals surface area contributed by atoms with Gasteiger partial charge >= 0.3 is 0 Å². The Kier molecular flexibility index (Phi) is 5.26. The van der Waals surface area contributed by atoms with E-state index >= 15 is 0 Å². The van der Waals surface area contributed by atoms with Crippen LogP contribution in [0.2, 0.25) is 5.02 Å². The molecule has 0 bridgehead atoms. The molecule has 118 valence electrons. The van der Waals surface area contributed by atoms with Gasteiger partial charge in [0.05, 0.1) is 24.9 Å². The molecule has 1 saturated carbocycles. The molecule has 1 aromatic carbocycles. The Balaban J connectivity index is 2.13. The number of halogens is 1. The van der Waals surface area contributed by atoms with Gasteiger partial charge in [0.25, 0.3) is 0 Å². The van der Waals surface area contributed by atoms with Crippen molar-refractivity contribution in [2.75, 3.05) is 19.5 Å². The van der Waals surface area contributed by atoms with Crippen LogP contribution >= 0.6 is 11.6 Å². The second kappa shape index (κ2) is 6.78. The van der Waals surface area contributed by atoms with Crippen LogP contribution in [0.25, 0.3) is 0 Å². The van der Waals surface area contributed by atoms with E-state index in [9.17, 15) is 0 Å². The number of rotatable bonds is 4. The number of methoxy groups -OCH3 is 2. The molecule has 2 rings (SSSR count). The molecule has 0 amide bonds. The summed E-state index contributed by atoms with van der Waals surface area (Å²) in [6.07, 6.45) is 6.18. The van der Waals surface area contributed by atoms with Gasteiger partial charge in [0, 0.05) is 12.1 Å². The normalized spacial score (nSPS) is 21.5. The first-order chi connectivity index (χ1) is 9.95. The van der Waals surface area contributed by atoms with Gasteiger partial charge < -0.3 is 14.8 Å². The van der Waals surface area contributed by atoms with Crippen LogP contribution in [0.15, 0.2) is 12.1 Å². The maximum absolute atomic E-state index is 6.23. The largest absolute Gasteiger partial charge is 0.495 e. The van der Waals surface area contributed by atoms with E-state index in [1.54, 1.807) is 14.2 Å². The van der Waals surface area contributed by atoms with Crippen molar-refractivity contribution >= 4 is 17.3 Å². The minimum absolute atomic E-state index is 0.456. The molecule has 0 aliphatic heterocycles. The second-order valence-electron chi connectivity index (χ2n) is 6.62. The smallest absolute Gasteiger partial charge is 0.145 e. The van der Waals surface area contributed by atoms with Gasteiger partial charge in [0.1, 0.15) is 11.5 Å². The molecule has 0 aromatic heterocycles. The lowest BCUT2D eigenvalue weighted by Crippen LogP contribution is -2.19. The van der Waals surface area contributed by atoms with Crippen molar-refractivity contribution < 1.29 is 9.47 Å². The monoisotopic (exact) mass is 311 g/mol. The zero-order chi connectivity index (χ0) is 15.5. The summed E-state index contributed by atoms with van der Waals surface area (Å²) in [5.74, 6) is 1.42. The molecule has 1 atom stereocenters. The van der Waals surface area contributed by atoms with Crippen LogP contribution in [0, 0.1) is 5.41 Å². The Bertz CT molecular complexity index is 488. The Morgan fingerprint density at radius 1 is 1.10 bits per heavy atom. The molecule has 21 heavy (non-hydrogen) atoms. The van der Waals surface area contributed by atoms with Gasteiger partial charge in [-0.25, -0.2) is 0 Å². The molecule has 0 radical (unpaired) electrons. The van der Waals surface area contributed by atoms with Crippen LogP contribution in [-0.4, -0.2) is 20.3 Å². The second-order valence-corrected chi connectivity index (χ2v) is 7.03. The predicted octanol–water partition coefficient (Wildman–Crippen LogP) is 5.13. The van der Waals surface area contributed by atoms with E-state index in [0.29, 0.717) is 22.2 Å². The number of benzene rings is 1. The van der Waals surface area contributed by atoms with Gasteiger partial charge in [-0.3, -0.25) is 0 Å². The van der Waals surface area contributed by atoms with E-state index in [-0.39, 0.29) is 0 Å². The number of hydrogen-bond acceptors (Lipinski definition) is 3. The molecule has 4 heteroatoms. The van der Waals surface area contributed by atoms with Crippen LogP contribution in [0.4, 0.5) is 5.69 Å². The molecule has 3 nitrogen and oxygen atoms in total. The van der Waals surface area contributed by atoms with Crippen LogP contribution < -0.4 is 14.8 Å². The van der Waals surface area contributed by atoms with E-state index in [1.807, 2.05) is 12.1 Å². The lowest BCUT2D eigenvalue weighted by Gasteiger charge is -2.23. The van der Waals surface area contributed by atoms with Crippen molar-refractivity contribution in [3.05, 3.63) is 17.2 Å². The zero-order valence-corrected chi connectivity index (χ0v) is 14.2. The van der Waals surface area contributed by atoms with Gasteiger partial charge in [-0.05, 0) is 37.2 Å². The Morgan fingerprint density at radius 2 is 1.81 bits per heavy atom. The Morgan fingerprint density at radius 3 is 2.48 bits per heavy atom. The van der Waals surface area contributed by atoms with Crippen LogP contribution in [-0.2, 0) is 0 Å². The maximum Gasteiger partial charge on any atom is 0.145 e. The van der Waals surface area contributed by atoms with Crippen molar-refractivity contribution in [2.24, 2.45) is 5.41 Å². The fourth-order valence-electron chi connectivity index (χ4n) is 3.00. The van der Waals surface area contributed by atoms with Crippen molar-refractivity contribution in [3.8, 4) is 11.5 Å². The van der Waals surface area contributed by atoms with Gasteiger partial charge in [0.2, 0.25) is 0 Å². The molecule has 0 spiro atoms. The third kappa shape index (κ3) is 4.19. The summed E-state index contributed by atoms with van der Waals surface area (Å²) in [5, 5.41) is 4.21. The predicted molar refractivity (Wildman–Crippen MR) is 88.8 cm³/mol. The van der Waals surface area contributed by atoms with Gasteiger partial charge in [-0.2, -0.15) is 0 Å². The highest BCUT2D eigenvalue weighted by Gasteiger charge is 2.25. The molecule has 0 saturated heterocycles. The van der Waals surface area contributed by atoms with Gasteiger partial charge in [0.15, 0.2) is 0 Å². The van der Waals surface area contributed by atoms with E-state index in [2.05, 4.69) is 19.2 Å². The Labute approximate surface area is 133 Å². The first-order valence-corrected chi connectivity index (χ1v) is 8.01. The average Bonchev–Trinajstić information content (AvgIpc) is 2.60. The number of ether oxygens (including phenoxy) is 2. The lowest BCUT2D eigenvalue weighted by atomic mass is 9.85. The molecule has 1 fully saturated rings. The summed E-state index contributed by atoms with van der Waals surface area (Å²) in [4.78, 5) is 0. The van der Waals surface area contributed by atoms with E-state index in [1.165, 1.54) is 32.1 Å². The summed E-state index contributed by atoms with van der Waals surface area (Å²) in [5.41, 5.74) is 1.41. The molecule has 1 unspecified atom stereocenters. The van der Waals surface area contributed by atoms with E-state index in [4.69, 9.17) is 21.1 Å². The minimum atomic E-state index is 0.456. The molecule has 1 N–H and O–H groups in total. The van der Waals surface area contributed by atoms with Crippen molar-refractivity contribution in [2.45, 2.75) is 52.0 Å². The first-order valence-electron chi connectivity index (χ1n) is 7.63. The summed E-state index contributed by atoms with van der Waals surface area (Å²) in [6.45, 7) is 4.72. The molecule has 0 heterocycles. The third-order valence-electron chi connectivity index (χ3n) is 4.41. The number of anilines is 1. The summed E-state index contributed by atoms with van der Waals surface area (Å²) >= 11 is 6.23. The zero-order valence-electron chi connectivity index (χ0n) is 13.5. The summed E-state index contributed by atoms with van der Waals surface area (Å²) in [6, 6.07) is 4.21.